The molecule has 3 saturated carbocycles. The van der Waals surface area contributed by atoms with Crippen molar-refractivity contribution in [2.24, 2.45) is 16.8 Å². The quantitative estimate of drug-likeness (QED) is 0.166. The summed E-state index contributed by atoms with van der Waals surface area (Å²) in [5, 5.41) is 0. The molecule has 4 nitrogen and oxygen atoms in total. The molecule has 2 bridgehead atoms. The number of aliphatic imine (C=N–C) groups is 1. The van der Waals surface area contributed by atoms with E-state index in [2.05, 4.69) is 24.1 Å². The molecule has 3 atom stereocenters. The van der Waals surface area contributed by atoms with Gasteiger partial charge in [-0.25, -0.2) is 9.18 Å². The summed E-state index contributed by atoms with van der Waals surface area (Å²) in [6, 6.07) is 5.57. The minimum atomic E-state index is -1.43. The lowest BCUT2D eigenvalue weighted by atomic mass is 9.70. The van der Waals surface area contributed by atoms with E-state index < -0.39 is 11.6 Å². The normalized spacial score (nSPS) is 25.2. The summed E-state index contributed by atoms with van der Waals surface area (Å²) in [6.07, 6.45) is 22.7. The lowest BCUT2D eigenvalue weighted by Crippen LogP contribution is -2.21. The van der Waals surface area contributed by atoms with Crippen molar-refractivity contribution in [1.82, 2.24) is 0 Å². The summed E-state index contributed by atoms with van der Waals surface area (Å²) in [5.41, 5.74) is 6.33. The number of nitrogens with zero attached hydrogens (tertiary/aromatic N) is 1. The van der Waals surface area contributed by atoms with Crippen LogP contribution in [0.5, 0.6) is 0 Å². The van der Waals surface area contributed by atoms with Crippen LogP contribution in [-0.4, -0.2) is 17.5 Å². The first-order valence-corrected chi connectivity index (χ1v) is 17.0. The van der Waals surface area contributed by atoms with Crippen LogP contribution in [0.2, 0.25) is 0 Å². The molecule has 3 aliphatic carbocycles. The fourth-order valence-electron chi connectivity index (χ4n) is 6.90. The number of allylic oxidation sites excluding steroid dienone is 8. The molecule has 5 heteroatoms. The van der Waals surface area contributed by atoms with Gasteiger partial charge < -0.3 is 4.74 Å². The molecule has 3 fully saturated rings. The second-order valence-corrected chi connectivity index (χ2v) is 13.6. The highest BCUT2D eigenvalue weighted by Crippen LogP contribution is 2.43. The van der Waals surface area contributed by atoms with Crippen LogP contribution in [0.25, 0.3) is 0 Å². The standard InChI is InChI=1S/C40H52FNO3/c1-6-34-23-30-12-13-31(24-35(34)16-14-30)15-17-38(43)37-22-29(4)19-32(11-9-8-10-18-42-37)26-39(44)45-27-33-20-28(3)21-36(25-33)40(5,41)7-2/h6,10,15,18,20-22,25-26,30,35H,7-9,11-14,16-17,19,23-24,27H2,1-5H3. The average Bonchev–Trinajstić information content (AvgIpc) is 3.03. The minimum absolute atomic E-state index is 0.0270. The van der Waals surface area contributed by atoms with Crippen molar-refractivity contribution in [2.45, 2.75) is 124 Å². The van der Waals surface area contributed by atoms with Crippen LogP contribution < -0.4 is 0 Å². The van der Waals surface area contributed by atoms with Gasteiger partial charge in [-0.3, -0.25) is 9.79 Å². The summed E-state index contributed by atoms with van der Waals surface area (Å²) in [5.74, 6) is 1.03. The van der Waals surface area contributed by atoms with Crippen molar-refractivity contribution >= 4 is 17.5 Å². The van der Waals surface area contributed by atoms with Crippen molar-refractivity contribution in [3.8, 4) is 0 Å². The number of benzene rings is 1. The lowest BCUT2D eigenvalue weighted by Gasteiger charge is -2.35. The van der Waals surface area contributed by atoms with Gasteiger partial charge in [0.15, 0.2) is 5.78 Å². The smallest absolute Gasteiger partial charge is 0.331 e. The molecule has 1 aromatic carbocycles. The van der Waals surface area contributed by atoms with Crippen molar-refractivity contribution in [1.29, 1.82) is 0 Å². The van der Waals surface area contributed by atoms with Crippen LogP contribution in [0.3, 0.4) is 0 Å². The van der Waals surface area contributed by atoms with Gasteiger partial charge in [0.05, 0.1) is 0 Å². The monoisotopic (exact) mass is 613 g/mol. The molecule has 4 aliphatic rings. The van der Waals surface area contributed by atoms with E-state index in [0.717, 1.165) is 60.3 Å². The van der Waals surface area contributed by atoms with Gasteiger partial charge in [-0.15, -0.1) is 0 Å². The Morgan fingerprint density at radius 3 is 2.69 bits per heavy atom. The molecule has 3 unspecified atom stereocenters. The predicted molar refractivity (Wildman–Crippen MR) is 183 cm³/mol. The van der Waals surface area contributed by atoms with Crippen LogP contribution in [0, 0.1) is 18.8 Å². The van der Waals surface area contributed by atoms with E-state index in [1.165, 1.54) is 31.3 Å². The topological polar surface area (TPSA) is 55.7 Å². The molecule has 242 valence electrons. The molecule has 0 aromatic heterocycles. The highest BCUT2D eigenvalue weighted by Gasteiger charge is 2.28. The summed E-state index contributed by atoms with van der Waals surface area (Å²) in [6.45, 7) is 9.58. The molecule has 0 N–H and O–H groups in total. The van der Waals surface area contributed by atoms with E-state index in [1.807, 2.05) is 45.1 Å². The maximum Gasteiger partial charge on any atom is 0.331 e. The van der Waals surface area contributed by atoms with Gasteiger partial charge in [-0.2, -0.15) is 0 Å². The summed E-state index contributed by atoms with van der Waals surface area (Å²) in [7, 11) is 0. The zero-order chi connectivity index (χ0) is 32.4. The molecule has 0 saturated heterocycles. The van der Waals surface area contributed by atoms with Crippen LogP contribution in [0.4, 0.5) is 4.39 Å². The van der Waals surface area contributed by atoms with Crippen molar-refractivity contribution in [2.75, 3.05) is 0 Å². The Morgan fingerprint density at radius 1 is 1.09 bits per heavy atom. The van der Waals surface area contributed by atoms with Gasteiger partial charge >= 0.3 is 5.97 Å². The third-order valence-electron chi connectivity index (χ3n) is 9.77. The highest BCUT2D eigenvalue weighted by molar-refractivity contribution is 6.44. The third-order valence-corrected chi connectivity index (χ3v) is 9.77. The number of carbonyl (C=O) groups is 2. The van der Waals surface area contributed by atoms with E-state index >= 15 is 0 Å². The Bertz CT molecular complexity index is 1420. The Hall–Kier alpha value is -3.34. The number of alkyl halides is 1. The van der Waals surface area contributed by atoms with E-state index in [0.29, 0.717) is 36.5 Å². The van der Waals surface area contributed by atoms with E-state index in [4.69, 9.17) is 4.74 Å². The molecule has 5 rings (SSSR count). The number of rotatable bonds is 8. The van der Waals surface area contributed by atoms with E-state index in [9.17, 15) is 14.0 Å². The molecule has 0 amide bonds. The van der Waals surface area contributed by atoms with Gasteiger partial charge in [-0.05, 0) is 133 Å². The average molecular weight is 614 g/mol. The number of carbonyl (C=O) groups excluding carboxylic acids is 2. The molecule has 45 heavy (non-hydrogen) atoms. The van der Waals surface area contributed by atoms with Crippen LogP contribution in [0.15, 0.2) is 82.1 Å². The number of esters is 1. The summed E-state index contributed by atoms with van der Waals surface area (Å²) >= 11 is 0. The predicted octanol–water partition coefficient (Wildman–Crippen LogP) is 10.5. The van der Waals surface area contributed by atoms with Crippen molar-refractivity contribution in [3.63, 3.8) is 0 Å². The molecule has 1 aliphatic heterocycles. The number of ether oxygens (including phenoxy) is 1. The van der Waals surface area contributed by atoms with Crippen molar-refractivity contribution < 1.29 is 18.7 Å². The fourth-order valence-corrected chi connectivity index (χ4v) is 6.90. The first kappa shape index (κ1) is 34.5. The molecular formula is C40H52FNO3. The van der Waals surface area contributed by atoms with Gasteiger partial charge in [0, 0.05) is 18.7 Å². The Labute approximate surface area is 270 Å². The van der Waals surface area contributed by atoms with Gasteiger partial charge in [-0.1, -0.05) is 65.1 Å². The number of Topliss-reactive ketones (excluding diaryl/α,β-unsaturated/α-hetero) is 1. The second-order valence-electron chi connectivity index (χ2n) is 13.6. The molecule has 1 aromatic rings. The number of fused-ring (bicyclic) bond motifs is 5. The lowest BCUT2D eigenvalue weighted by molar-refractivity contribution is -0.139. The second kappa shape index (κ2) is 16.3. The number of hydrogen-bond donors (Lipinski definition) is 0. The molecule has 0 radical (unpaired) electrons. The molecule has 1 heterocycles. The van der Waals surface area contributed by atoms with Gasteiger partial charge in [0.2, 0.25) is 0 Å². The largest absolute Gasteiger partial charge is 0.458 e. The SMILES string of the molecule is CC=C1CC2CCC(=CCC(=O)C3=NC=CCCCC(=CC(=O)OCc4cc(C)cc(C(C)(F)CC)c4)CC(C)=C3)CC1CC2. The van der Waals surface area contributed by atoms with Gasteiger partial charge in [0.1, 0.15) is 18.0 Å². The number of halogens is 1. The van der Waals surface area contributed by atoms with E-state index in [-0.39, 0.29) is 12.4 Å². The number of ketones is 1. The van der Waals surface area contributed by atoms with Crippen LogP contribution in [0.1, 0.15) is 121 Å². The first-order chi connectivity index (χ1) is 21.6. The first-order valence-electron chi connectivity index (χ1n) is 17.0. The zero-order valence-corrected chi connectivity index (χ0v) is 28.1. The Balaban J connectivity index is 1.41. The third kappa shape index (κ3) is 10.3. The summed E-state index contributed by atoms with van der Waals surface area (Å²) < 4.78 is 20.6. The maximum absolute atomic E-state index is 14.9. The Morgan fingerprint density at radius 2 is 1.91 bits per heavy atom. The van der Waals surface area contributed by atoms with Crippen LogP contribution >= 0.6 is 0 Å². The van der Waals surface area contributed by atoms with Crippen molar-refractivity contribution in [3.05, 3.63) is 93.8 Å². The minimum Gasteiger partial charge on any atom is -0.458 e. The fraction of sp³-hybridized carbons (Fsp3) is 0.525. The number of hydrogen-bond acceptors (Lipinski definition) is 4. The highest BCUT2D eigenvalue weighted by atomic mass is 19.1. The van der Waals surface area contributed by atoms with Gasteiger partial charge in [0.25, 0.3) is 0 Å². The molecular weight excluding hydrogens is 561 g/mol. The zero-order valence-electron chi connectivity index (χ0n) is 28.1. The molecule has 0 spiro atoms. The maximum atomic E-state index is 14.9. The summed E-state index contributed by atoms with van der Waals surface area (Å²) in [4.78, 5) is 30.8. The van der Waals surface area contributed by atoms with E-state index in [1.54, 1.807) is 30.8 Å². The number of aryl methyl sites for hydroxylation is 1. The Kier molecular flexibility index (Phi) is 12.5. The van der Waals surface area contributed by atoms with Crippen LogP contribution in [-0.2, 0) is 26.6 Å².